The number of aromatic nitrogens is 2. The molecule has 0 atom stereocenters. The van der Waals surface area contributed by atoms with Gasteiger partial charge in [-0.05, 0) is 24.6 Å². The zero-order valence-corrected chi connectivity index (χ0v) is 13.4. The third-order valence-corrected chi connectivity index (χ3v) is 3.70. The van der Waals surface area contributed by atoms with Crippen LogP contribution < -0.4 is 10.9 Å². The number of fused-ring (bicyclic) bond motifs is 1. The second-order valence-corrected chi connectivity index (χ2v) is 5.50. The first-order valence-electron chi connectivity index (χ1n) is 7.77. The molecule has 0 unspecified atom stereocenters. The third-order valence-electron chi connectivity index (χ3n) is 3.70. The Morgan fingerprint density at radius 3 is 2.56 bits per heavy atom. The molecule has 3 aromatic rings. The van der Waals surface area contributed by atoms with Gasteiger partial charge in [-0.2, -0.15) is 5.10 Å². The van der Waals surface area contributed by atoms with E-state index in [0.29, 0.717) is 29.8 Å². The second kappa shape index (κ2) is 6.80. The quantitative estimate of drug-likeness (QED) is 0.790. The van der Waals surface area contributed by atoms with Crippen molar-refractivity contribution in [3.05, 3.63) is 70.1 Å². The standard InChI is InChI=1S/C18H15F2N3O2/c1-2-9-23-18(25)13-6-4-3-5-12(13)16(22-23)17(24)21-15-8-7-11(19)10-14(15)20/h3-8,10H,2,9H2,1H3,(H,21,24). The Morgan fingerprint density at radius 1 is 1.16 bits per heavy atom. The molecule has 0 aliphatic heterocycles. The second-order valence-electron chi connectivity index (χ2n) is 5.50. The summed E-state index contributed by atoms with van der Waals surface area (Å²) >= 11 is 0. The minimum Gasteiger partial charge on any atom is -0.318 e. The number of amides is 1. The summed E-state index contributed by atoms with van der Waals surface area (Å²) in [5, 5.41) is 7.24. The number of nitrogens with one attached hydrogen (secondary N) is 1. The Labute approximate surface area is 141 Å². The van der Waals surface area contributed by atoms with Crippen LogP contribution in [0.1, 0.15) is 23.8 Å². The first-order chi connectivity index (χ1) is 12.0. The van der Waals surface area contributed by atoms with Crippen molar-refractivity contribution < 1.29 is 13.6 Å². The maximum atomic E-state index is 13.8. The van der Waals surface area contributed by atoms with Gasteiger partial charge in [0.15, 0.2) is 5.69 Å². The van der Waals surface area contributed by atoms with Crippen LogP contribution in [-0.4, -0.2) is 15.7 Å². The summed E-state index contributed by atoms with van der Waals surface area (Å²) in [4.78, 5) is 25.0. The number of hydrogen-bond acceptors (Lipinski definition) is 3. The topological polar surface area (TPSA) is 64.0 Å². The summed E-state index contributed by atoms with van der Waals surface area (Å²) in [6.45, 7) is 2.24. The highest BCUT2D eigenvalue weighted by molar-refractivity contribution is 6.11. The molecule has 128 valence electrons. The average Bonchev–Trinajstić information content (AvgIpc) is 2.60. The van der Waals surface area contributed by atoms with Crippen molar-refractivity contribution in [3.63, 3.8) is 0 Å². The summed E-state index contributed by atoms with van der Waals surface area (Å²) in [6, 6.07) is 9.45. The molecular weight excluding hydrogens is 328 g/mol. The maximum absolute atomic E-state index is 13.8. The third kappa shape index (κ3) is 3.26. The van der Waals surface area contributed by atoms with Crippen LogP contribution in [0.15, 0.2) is 47.3 Å². The lowest BCUT2D eigenvalue weighted by Crippen LogP contribution is -2.27. The fourth-order valence-electron chi connectivity index (χ4n) is 2.54. The van der Waals surface area contributed by atoms with Gasteiger partial charge in [0, 0.05) is 18.0 Å². The van der Waals surface area contributed by atoms with Crippen LogP contribution in [0.3, 0.4) is 0 Å². The van der Waals surface area contributed by atoms with E-state index in [1.54, 1.807) is 24.3 Å². The lowest BCUT2D eigenvalue weighted by Gasteiger charge is -2.11. The van der Waals surface area contributed by atoms with Gasteiger partial charge in [-0.25, -0.2) is 13.5 Å². The minimum absolute atomic E-state index is 0.00683. The molecule has 0 radical (unpaired) electrons. The van der Waals surface area contributed by atoms with Gasteiger partial charge in [0.05, 0.1) is 11.1 Å². The van der Waals surface area contributed by atoms with Gasteiger partial charge in [0.25, 0.3) is 11.5 Å². The molecule has 1 N–H and O–H groups in total. The minimum atomic E-state index is -0.889. The normalized spacial score (nSPS) is 10.8. The molecule has 3 rings (SSSR count). The summed E-state index contributed by atoms with van der Waals surface area (Å²) in [6.07, 6.45) is 0.666. The van der Waals surface area contributed by atoms with E-state index in [-0.39, 0.29) is 16.9 Å². The molecule has 5 nitrogen and oxygen atoms in total. The number of benzene rings is 2. The number of rotatable bonds is 4. The number of carbonyl (C=O) groups excluding carboxylic acids is 1. The summed E-state index contributed by atoms with van der Waals surface area (Å²) in [5.41, 5.74) is -0.445. The fraction of sp³-hybridized carbons (Fsp3) is 0.167. The molecule has 1 heterocycles. The SMILES string of the molecule is CCCn1nc(C(=O)Nc2ccc(F)cc2F)c2ccccc2c1=O. The maximum Gasteiger partial charge on any atom is 0.276 e. The van der Waals surface area contributed by atoms with Crippen molar-refractivity contribution in [1.29, 1.82) is 0 Å². The molecule has 1 amide bonds. The van der Waals surface area contributed by atoms with Crippen LogP contribution in [-0.2, 0) is 6.54 Å². The van der Waals surface area contributed by atoms with E-state index >= 15 is 0 Å². The smallest absolute Gasteiger partial charge is 0.276 e. The predicted octanol–water partition coefficient (Wildman–Crippen LogP) is 3.34. The van der Waals surface area contributed by atoms with Gasteiger partial charge in [-0.15, -0.1) is 0 Å². The molecule has 0 aliphatic rings. The summed E-state index contributed by atoms with van der Waals surface area (Å²) < 4.78 is 28.0. The van der Waals surface area contributed by atoms with Gasteiger partial charge in [0.1, 0.15) is 11.6 Å². The van der Waals surface area contributed by atoms with Gasteiger partial charge in [-0.3, -0.25) is 9.59 Å². The summed E-state index contributed by atoms with van der Waals surface area (Å²) in [7, 11) is 0. The Hall–Kier alpha value is -3.09. The zero-order valence-electron chi connectivity index (χ0n) is 13.4. The van der Waals surface area contributed by atoms with Gasteiger partial charge in [-0.1, -0.05) is 25.1 Å². The molecule has 0 saturated heterocycles. The van der Waals surface area contributed by atoms with Gasteiger partial charge >= 0.3 is 0 Å². The van der Waals surface area contributed by atoms with Gasteiger partial charge in [0.2, 0.25) is 0 Å². The molecule has 1 aromatic heterocycles. The molecule has 0 saturated carbocycles. The Kier molecular flexibility index (Phi) is 4.56. The first kappa shape index (κ1) is 16.8. The first-order valence-corrected chi connectivity index (χ1v) is 7.77. The molecule has 25 heavy (non-hydrogen) atoms. The van der Waals surface area contributed by atoms with E-state index in [1.807, 2.05) is 6.92 Å². The average molecular weight is 343 g/mol. The highest BCUT2D eigenvalue weighted by atomic mass is 19.1. The number of nitrogens with zero attached hydrogens (tertiary/aromatic N) is 2. The largest absolute Gasteiger partial charge is 0.318 e. The van der Waals surface area contributed by atoms with E-state index in [2.05, 4.69) is 10.4 Å². The Bertz CT molecular complexity index is 1010. The molecule has 0 spiro atoms. The van der Waals surface area contributed by atoms with E-state index in [0.717, 1.165) is 12.1 Å². The summed E-state index contributed by atoms with van der Waals surface area (Å²) in [5.74, 6) is -2.30. The Morgan fingerprint density at radius 2 is 1.88 bits per heavy atom. The lowest BCUT2D eigenvalue weighted by molar-refractivity contribution is 0.102. The van der Waals surface area contributed by atoms with Crippen LogP contribution in [0, 0.1) is 11.6 Å². The highest BCUT2D eigenvalue weighted by Gasteiger charge is 2.18. The van der Waals surface area contributed by atoms with Crippen LogP contribution in [0.25, 0.3) is 10.8 Å². The van der Waals surface area contributed by atoms with Crippen molar-refractivity contribution in [3.8, 4) is 0 Å². The fourth-order valence-corrected chi connectivity index (χ4v) is 2.54. The van der Waals surface area contributed by atoms with Crippen molar-refractivity contribution in [2.24, 2.45) is 0 Å². The Balaban J connectivity index is 2.09. The van der Waals surface area contributed by atoms with Gasteiger partial charge < -0.3 is 5.32 Å². The van der Waals surface area contributed by atoms with Crippen LogP contribution in [0.2, 0.25) is 0 Å². The number of hydrogen-bond donors (Lipinski definition) is 1. The molecule has 0 fully saturated rings. The molecule has 7 heteroatoms. The van der Waals surface area contributed by atoms with E-state index < -0.39 is 17.5 Å². The highest BCUT2D eigenvalue weighted by Crippen LogP contribution is 2.18. The van der Waals surface area contributed by atoms with Crippen molar-refractivity contribution >= 4 is 22.4 Å². The number of anilines is 1. The lowest BCUT2D eigenvalue weighted by atomic mass is 10.1. The molecule has 0 bridgehead atoms. The molecule has 2 aromatic carbocycles. The number of halogens is 2. The zero-order chi connectivity index (χ0) is 18.0. The monoisotopic (exact) mass is 343 g/mol. The predicted molar refractivity (Wildman–Crippen MR) is 90.6 cm³/mol. The van der Waals surface area contributed by atoms with Crippen LogP contribution in [0.4, 0.5) is 14.5 Å². The molecular formula is C18H15F2N3O2. The van der Waals surface area contributed by atoms with E-state index in [9.17, 15) is 18.4 Å². The number of aryl methyl sites for hydroxylation is 1. The van der Waals surface area contributed by atoms with Crippen molar-refractivity contribution in [2.45, 2.75) is 19.9 Å². The van der Waals surface area contributed by atoms with Crippen LogP contribution >= 0.6 is 0 Å². The van der Waals surface area contributed by atoms with Crippen molar-refractivity contribution in [1.82, 2.24) is 9.78 Å². The molecule has 0 aliphatic carbocycles. The van der Waals surface area contributed by atoms with Crippen LogP contribution in [0.5, 0.6) is 0 Å². The number of carbonyl (C=O) groups is 1. The van der Waals surface area contributed by atoms with Crippen molar-refractivity contribution in [2.75, 3.05) is 5.32 Å². The van der Waals surface area contributed by atoms with E-state index in [1.165, 1.54) is 4.68 Å². The van der Waals surface area contributed by atoms with E-state index in [4.69, 9.17) is 0 Å².